The SMILES string of the molecule is CCC(C)N(C(=O)C(NC(=O)OC(C)(C)C)C(C)C)C(C(=O)NC(C)C)c1cccc(C)c1O. The number of para-hydroxylation sites is 1. The van der Waals surface area contributed by atoms with Crippen molar-refractivity contribution in [3.63, 3.8) is 0 Å². The molecule has 192 valence electrons. The van der Waals surface area contributed by atoms with E-state index in [4.69, 9.17) is 4.74 Å². The minimum Gasteiger partial charge on any atom is -0.507 e. The van der Waals surface area contributed by atoms with Crippen molar-refractivity contribution in [1.82, 2.24) is 15.5 Å². The summed E-state index contributed by atoms with van der Waals surface area (Å²) in [7, 11) is 0. The Labute approximate surface area is 204 Å². The van der Waals surface area contributed by atoms with Gasteiger partial charge in [0.25, 0.3) is 0 Å². The molecule has 0 aliphatic heterocycles. The minimum absolute atomic E-state index is 0.0336. The number of carbonyl (C=O) groups is 3. The highest BCUT2D eigenvalue weighted by Crippen LogP contribution is 2.34. The maximum absolute atomic E-state index is 14.0. The third kappa shape index (κ3) is 7.92. The molecule has 34 heavy (non-hydrogen) atoms. The van der Waals surface area contributed by atoms with Crippen molar-refractivity contribution in [2.75, 3.05) is 0 Å². The molecule has 0 aliphatic rings. The molecule has 0 aromatic heterocycles. The van der Waals surface area contributed by atoms with Crippen LogP contribution in [0, 0.1) is 12.8 Å². The van der Waals surface area contributed by atoms with E-state index in [1.54, 1.807) is 45.9 Å². The molecule has 8 nitrogen and oxygen atoms in total. The molecule has 3 amide bonds. The molecular formula is C26H43N3O5. The first-order chi connectivity index (χ1) is 15.6. The van der Waals surface area contributed by atoms with Crippen molar-refractivity contribution in [3.8, 4) is 5.75 Å². The van der Waals surface area contributed by atoms with Crippen LogP contribution in [-0.2, 0) is 14.3 Å². The summed E-state index contributed by atoms with van der Waals surface area (Å²) >= 11 is 0. The lowest BCUT2D eigenvalue weighted by molar-refractivity contribution is -0.146. The number of rotatable bonds is 9. The van der Waals surface area contributed by atoms with Gasteiger partial charge in [0.2, 0.25) is 11.8 Å². The summed E-state index contributed by atoms with van der Waals surface area (Å²) in [4.78, 5) is 41.5. The number of aryl methyl sites for hydroxylation is 1. The molecule has 0 radical (unpaired) electrons. The smallest absolute Gasteiger partial charge is 0.408 e. The minimum atomic E-state index is -1.08. The summed E-state index contributed by atoms with van der Waals surface area (Å²) < 4.78 is 5.38. The molecule has 0 aliphatic carbocycles. The van der Waals surface area contributed by atoms with Crippen LogP contribution in [0.3, 0.4) is 0 Å². The predicted octanol–water partition coefficient (Wildman–Crippen LogP) is 4.44. The topological polar surface area (TPSA) is 108 Å². The highest BCUT2D eigenvalue weighted by molar-refractivity contribution is 5.93. The number of aromatic hydroxyl groups is 1. The van der Waals surface area contributed by atoms with Gasteiger partial charge < -0.3 is 25.4 Å². The number of ether oxygens (including phenoxy) is 1. The Hall–Kier alpha value is -2.77. The third-order valence-corrected chi connectivity index (χ3v) is 5.45. The maximum atomic E-state index is 14.0. The monoisotopic (exact) mass is 477 g/mol. The predicted molar refractivity (Wildman–Crippen MR) is 133 cm³/mol. The largest absolute Gasteiger partial charge is 0.507 e. The van der Waals surface area contributed by atoms with Crippen molar-refractivity contribution in [3.05, 3.63) is 29.3 Å². The molecular weight excluding hydrogens is 434 g/mol. The van der Waals surface area contributed by atoms with Crippen LogP contribution in [-0.4, -0.2) is 51.6 Å². The zero-order valence-corrected chi connectivity index (χ0v) is 22.4. The lowest BCUT2D eigenvalue weighted by atomic mass is 9.95. The average Bonchev–Trinajstić information content (AvgIpc) is 2.69. The summed E-state index contributed by atoms with van der Waals surface area (Å²) in [6.45, 7) is 18.1. The highest BCUT2D eigenvalue weighted by atomic mass is 16.6. The van der Waals surface area contributed by atoms with Crippen molar-refractivity contribution in [2.24, 2.45) is 5.92 Å². The summed E-state index contributed by atoms with van der Waals surface area (Å²) in [6.07, 6.45) is -0.133. The number of nitrogens with one attached hydrogen (secondary N) is 2. The molecule has 1 rings (SSSR count). The molecule has 3 unspecified atom stereocenters. The number of phenolic OH excluding ortho intramolecular Hbond substituents is 1. The lowest BCUT2D eigenvalue weighted by Crippen LogP contribution is -2.57. The van der Waals surface area contributed by atoms with E-state index in [-0.39, 0.29) is 23.8 Å². The molecule has 0 fully saturated rings. The Morgan fingerprint density at radius 3 is 2.12 bits per heavy atom. The van der Waals surface area contributed by atoms with E-state index in [0.29, 0.717) is 17.5 Å². The molecule has 0 saturated heterocycles. The third-order valence-electron chi connectivity index (χ3n) is 5.45. The van der Waals surface area contributed by atoms with Crippen molar-refractivity contribution in [2.45, 2.75) is 105 Å². The van der Waals surface area contributed by atoms with E-state index in [2.05, 4.69) is 10.6 Å². The number of carbonyl (C=O) groups excluding carboxylic acids is 3. The normalized spacial score (nSPS) is 14.4. The number of nitrogens with zero attached hydrogens (tertiary/aromatic N) is 1. The van der Waals surface area contributed by atoms with E-state index < -0.39 is 35.6 Å². The van der Waals surface area contributed by atoms with Gasteiger partial charge in [0.1, 0.15) is 23.4 Å². The molecule has 0 bridgehead atoms. The van der Waals surface area contributed by atoms with Gasteiger partial charge in [0, 0.05) is 17.6 Å². The second-order valence-corrected chi connectivity index (χ2v) is 10.4. The van der Waals surface area contributed by atoms with Crippen LogP contribution in [0.2, 0.25) is 0 Å². The van der Waals surface area contributed by atoms with Crippen molar-refractivity contribution in [1.29, 1.82) is 0 Å². The first-order valence-electron chi connectivity index (χ1n) is 12.0. The fourth-order valence-corrected chi connectivity index (χ4v) is 3.59. The lowest BCUT2D eigenvalue weighted by Gasteiger charge is -2.39. The molecule has 3 atom stereocenters. The fourth-order valence-electron chi connectivity index (χ4n) is 3.59. The van der Waals surface area contributed by atoms with Gasteiger partial charge in [-0.05, 0) is 66.4 Å². The van der Waals surface area contributed by atoms with E-state index in [9.17, 15) is 19.5 Å². The van der Waals surface area contributed by atoms with Gasteiger partial charge in [-0.1, -0.05) is 39.0 Å². The maximum Gasteiger partial charge on any atom is 0.408 e. The first-order valence-corrected chi connectivity index (χ1v) is 12.0. The van der Waals surface area contributed by atoms with Crippen LogP contribution in [0.25, 0.3) is 0 Å². The summed E-state index contributed by atoms with van der Waals surface area (Å²) in [5, 5.41) is 16.4. The number of amides is 3. The Bertz CT molecular complexity index is 860. The Morgan fingerprint density at radius 1 is 1.06 bits per heavy atom. The van der Waals surface area contributed by atoms with Crippen molar-refractivity contribution >= 4 is 17.9 Å². The highest BCUT2D eigenvalue weighted by Gasteiger charge is 2.40. The molecule has 0 heterocycles. The van der Waals surface area contributed by atoms with E-state index in [0.717, 1.165) is 0 Å². The standard InChI is InChI=1S/C26H43N3O5/c1-11-18(7)29(24(32)20(15(2)3)28-25(33)34-26(8,9)10)21(23(31)27-16(4)5)19-14-12-13-17(6)22(19)30/h12-16,18,20-21,30H,11H2,1-10H3,(H,27,31)(H,28,33). The molecule has 1 aromatic carbocycles. The van der Waals surface area contributed by atoms with Crippen LogP contribution in [0.1, 0.15) is 85.9 Å². The van der Waals surface area contributed by atoms with E-state index in [1.165, 1.54) is 4.90 Å². The molecule has 8 heteroatoms. The van der Waals surface area contributed by atoms with Crippen LogP contribution in [0.4, 0.5) is 4.79 Å². The summed E-state index contributed by atoms with van der Waals surface area (Å²) in [5.74, 6) is -1.12. The molecule has 0 saturated carbocycles. The molecule has 1 aromatic rings. The van der Waals surface area contributed by atoms with Gasteiger partial charge in [0.15, 0.2) is 0 Å². The van der Waals surface area contributed by atoms with E-state index >= 15 is 0 Å². The van der Waals surface area contributed by atoms with Gasteiger partial charge >= 0.3 is 6.09 Å². The average molecular weight is 478 g/mol. The van der Waals surface area contributed by atoms with E-state index in [1.807, 2.05) is 41.5 Å². The van der Waals surface area contributed by atoms with Gasteiger partial charge in [-0.25, -0.2) is 4.79 Å². The van der Waals surface area contributed by atoms with Crippen LogP contribution < -0.4 is 10.6 Å². The van der Waals surface area contributed by atoms with Gasteiger partial charge in [-0.2, -0.15) is 0 Å². The first kappa shape index (κ1) is 29.3. The zero-order chi connectivity index (χ0) is 26.4. The quantitative estimate of drug-likeness (QED) is 0.487. The number of hydrogen-bond acceptors (Lipinski definition) is 5. The molecule has 3 N–H and O–H groups in total. The van der Waals surface area contributed by atoms with Gasteiger partial charge in [0.05, 0.1) is 0 Å². The van der Waals surface area contributed by atoms with Crippen LogP contribution in [0.15, 0.2) is 18.2 Å². The Morgan fingerprint density at radius 2 is 1.65 bits per heavy atom. The number of benzene rings is 1. The molecule has 0 spiro atoms. The second kappa shape index (κ2) is 12.1. The number of hydrogen-bond donors (Lipinski definition) is 3. The number of alkyl carbamates (subject to hydrolysis) is 1. The van der Waals surface area contributed by atoms with Gasteiger partial charge in [-0.15, -0.1) is 0 Å². The number of phenols is 1. The Kier molecular flexibility index (Phi) is 10.4. The van der Waals surface area contributed by atoms with Crippen molar-refractivity contribution < 1.29 is 24.2 Å². The summed E-state index contributed by atoms with van der Waals surface area (Å²) in [5.41, 5.74) is 0.216. The second-order valence-electron chi connectivity index (χ2n) is 10.4. The fraction of sp³-hybridized carbons (Fsp3) is 0.654. The van der Waals surface area contributed by atoms with Gasteiger partial charge in [-0.3, -0.25) is 9.59 Å². The Balaban J connectivity index is 3.59. The van der Waals surface area contributed by atoms with Crippen LogP contribution in [0.5, 0.6) is 5.75 Å². The zero-order valence-electron chi connectivity index (χ0n) is 22.4. The van der Waals surface area contributed by atoms with Crippen LogP contribution >= 0.6 is 0 Å². The summed E-state index contributed by atoms with van der Waals surface area (Å²) in [6, 6.07) is 2.62.